The van der Waals surface area contributed by atoms with Gasteiger partial charge in [-0.25, -0.2) is 4.98 Å². The van der Waals surface area contributed by atoms with Gasteiger partial charge >= 0.3 is 0 Å². The standard InChI is InChI=1S/C24H22N4O3/c1-15-8-10-17(11-9-15)14-26-24(29)21-16(2)27-23-20(7-4-12-25-23)22(21)18-5-3-6-19(13-18)28(30)31/h3-13,22H,14H2,1-2H3,(H,25,27)(H,26,29). The summed E-state index contributed by atoms with van der Waals surface area (Å²) in [6.45, 7) is 4.22. The lowest BCUT2D eigenvalue weighted by molar-refractivity contribution is -0.384. The smallest absolute Gasteiger partial charge is 0.269 e. The molecule has 0 fully saturated rings. The lowest BCUT2D eigenvalue weighted by Gasteiger charge is -2.29. The summed E-state index contributed by atoms with van der Waals surface area (Å²) in [5.41, 5.74) is 4.80. The van der Waals surface area contributed by atoms with Gasteiger partial charge in [0.1, 0.15) is 5.82 Å². The Morgan fingerprint density at radius 3 is 2.65 bits per heavy atom. The molecule has 31 heavy (non-hydrogen) atoms. The van der Waals surface area contributed by atoms with Gasteiger partial charge in [-0.1, -0.05) is 48.0 Å². The lowest BCUT2D eigenvalue weighted by Crippen LogP contribution is -2.32. The Morgan fingerprint density at radius 2 is 1.90 bits per heavy atom. The Balaban J connectivity index is 1.71. The molecule has 1 amide bonds. The highest BCUT2D eigenvalue weighted by Crippen LogP contribution is 2.41. The van der Waals surface area contributed by atoms with Crippen LogP contribution in [-0.4, -0.2) is 15.8 Å². The number of rotatable bonds is 5. The molecule has 1 aliphatic rings. The van der Waals surface area contributed by atoms with Gasteiger partial charge in [-0.05, 0) is 31.0 Å². The molecule has 0 saturated carbocycles. The van der Waals surface area contributed by atoms with E-state index in [0.29, 0.717) is 29.2 Å². The van der Waals surface area contributed by atoms with Crippen LogP contribution in [0.3, 0.4) is 0 Å². The van der Waals surface area contributed by atoms with Crippen molar-refractivity contribution >= 4 is 17.4 Å². The van der Waals surface area contributed by atoms with Gasteiger partial charge in [0.15, 0.2) is 0 Å². The van der Waals surface area contributed by atoms with E-state index >= 15 is 0 Å². The molecule has 4 rings (SSSR count). The number of aryl methyl sites for hydroxylation is 1. The number of carbonyl (C=O) groups is 1. The molecule has 0 saturated heterocycles. The first-order valence-electron chi connectivity index (χ1n) is 9.95. The van der Waals surface area contributed by atoms with Crippen LogP contribution in [0, 0.1) is 17.0 Å². The number of carbonyl (C=O) groups excluding carboxylic acids is 1. The highest BCUT2D eigenvalue weighted by molar-refractivity contribution is 5.98. The van der Waals surface area contributed by atoms with Crippen molar-refractivity contribution in [2.75, 3.05) is 5.32 Å². The molecule has 1 unspecified atom stereocenters. The molecule has 1 atom stereocenters. The molecule has 2 heterocycles. The zero-order valence-corrected chi connectivity index (χ0v) is 17.3. The summed E-state index contributed by atoms with van der Waals surface area (Å²) in [4.78, 5) is 28.6. The quantitative estimate of drug-likeness (QED) is 0.475. The van der Waals surface area contributed by atoms with Gasteiger partial charge in [-0.2, -0.15) is 0 Å². The average Bonchev–Trinajstić information content (AvgIpc) is 2.77. The van der Waals surface area contributed by atoms with E-state index < -0.39 is 10.8 Å². The first-order valence-corrected chi connectivity index (χ1v) is 9.95. The van der Waals surface area contributed by atoms with Crippen molar-refractivity contribution in [3.05, 3.63) is 110 Å². The van der Waals surface area contributed by atoms with E-state index in [2.05, 4.69) is 15.6 Å². The predicted molar refractivity (Wildman–Crippen MR) is 119 cm³/mol. The number of nitro benzene ring substituents is 1. The summed E-state index contributed by atoms with van der Waals surface area (Å²) in [6, 6.07) is 18.1. The monoisotopic (exact) mass is 414 g/mol. The molecule has 1 aromatic heterocycles. The van der Waals surface area contributed by atoms with Gasteiger partial charge in [0.05, 0.1) is 4.92 Å². The van der Waals surface area contributed by atoms with Gasteiger partial charge in [-0.3, -0.25) is 14.9 Å². The molecule has 3 aromatic rings. The van der Waals surface area contributed by atoms with Crippen LogP contribution >= 0.6 is 0 Å². The maximum atomic E-state index is 13.3. The van der Waals surface area contributed by atoms with Crippen LogP contribution in [0.1, 0.15) is 35.1 Å². The van der Waals surface area contributed by atoms with Crippen molar-refractivity contribution in [1.29, 1.82) is 0 Å². The fraction of sp³-hybridized carbons (Fsp3) is 0.167. The number of nitrogens with one attached hydrogen (secondary N) is 2. The second-order valence-corrected chi connectivity index (χ2v) is 7.56. The van der Waals surface area contributed by atoms with Crippen molar-refractivity contribution in [1.82, 2.24) is 10.3 Å². The maximum Gasteiger partial charge on any atom is 0.269 e. The van der Waals surface area contributed by atoms with Gasteiger partial charge in [-0.15, -0.1) is 0 Å². The average molecular weight is 414 g/mol. The summed E-state index contributed by atoms with van der Waals surface area (Å²) in [5, 5.41) is 17.5. The number of benzene rings is 2. The summed E-state index contributed by atoms with van der Waals surface area (Å²) < 4.78 is 0. The van der Waals surface area contributed by atoms with Crippen LogP contribution in [0.5, 0.6) is 0 Å². The van der Waals surface area contributed by atoms with Crippen molar-refractivity contribution < 1.29 is 9.72 Å². The second-order valence-electron chi connectivity index (χ2n) is 7.56. The number of pyridine rings is 1. The molecule has 7 nitrogen and oxygen atoms in total. The Kier molecular flexibility index (Phi) is 5.49. The topological polar surface area (TPSA) is 97.2 Å². The molecule has 2 N–H and O–H groups in total. The number of hydrogen-bond acceptors (Lipinski definition) is 5. The van der Waals surface area contributed by atoms with Crippen LogP contribution < -0.4 is 10.6 Å². The minimum atomic E-state index is -0.470. The van der Waals surface area contributed by atoms with E-state index in [0.717, 1.165) is 16.7 Å². The summed E-state index contributed by atoms with van der Waals surface area (Å²) in [7, 11) is 0. The molecule has 156 valence electrons. The van der Waals surface area contributed by atoms with E-state index in [-0.39, 0.29) is 11.6 Å². The number of non-ortho nitro benzene ring substituents is 1. The lowest BCUT2D eigenvalue weighted by atomic mass is 9.81. The number of aromatic nitrogens is 1. The van der Waals surface area contributed by atoms with E-state index in [1.165, 1.54) is 12.1 Å². The number of amides is 1. The van der Waals surface area contributed by atoms with Crippen LogP contribution in [0.25, 0.3) is 0 Å². The predicted octanol–water partition coefficient (Wildman–Crippen LogP) is 4.45. The summed E-state index contributed by atoms with van der Waals surface area (Å²) in [5.74, 6) is -0.0500. The van der Waals surface area contributed by atoms with E-state index in [4.69, 9.17) is 0 Å². The largest absolute Gasteiger partial charge is 0.348 e. The zero-order chi connectivity index (χ0) is 22.0. The van der Waals surface area contributed by atoms with Crippen LogP contribution in [-0.2, 0) is 11.3 Å². The van der Waals surface area contributed by atoms with Crippen LogP contribution in [0.2, 0.25) is 0 Å². The van der Waals surface area contributed by atoms with Crippen molar-refractivity contribution in [2.24, 2.45) is 0 Å². The first kappa shape index (κ1) is 20.3. The summed E-state index contributed by atoms with van der Waals surface area (Å²) >= 11 is 0. The van der Waals surface area contributed by atoms with Gasteiger partial charge in [0.25, 0.3) is 5.69 Å². The number of nitro groups is 1. The molecule has 0 aliphatic carbocycles. The van der Waals surface area contributed by atoms with Crippen molar-refractivity contribution in [3.8, 4) is 0 Å². The molecule has 2 aromatic carbocycles. The van der Waals surface area contributed by atoms with E-state index in [1.807, 2.05) is 44.2 Å². The third-order valence-corrected chi connectivity index (χ3v) is 5.38. The number of nitrogens with zero attached hydrogens (tertiary/aromatic N) is 2. The third kappa shape index (κ3) is 4.16. The molecule has 1 aliphatic heterocycles. The third-order valence-electron chi connectivity index (χ3n) is 5.38. The fourth-order valence-electron chi connectivity index (χ4n) is 3.82. The molecule has 0 radical (unpaired) electrons. The number of allylic oxidation sites excluding steroid dienone is 1. The first-order chi connectivity index (χ1) is 14.9. The summed E-state index contributed by atoms with van der Waals surface area (Å²) in [6.07, 6.45) is 1.67. The highest BCUT2D eigenvalue weighted by Gasteiger charge is 2.33. The fourth-order valence-corrected chi connectivity index (χ4v) is 3.82. The molecule has 7 heteroatoms. The van der Waals surface area contributed by atoms with E-state index in [1.54, 1.807) is 24.4 Å². The van der Waals surface area contributed by atoms with Gasteiger partial charge in [0, 0.05) is 47.6 Å². The normalized spacial score (nSPS) is 15.1. The van der Waals surface area contributed by atoms with E-state index in [9.17, 15) is 14.9 Å². The Labute approximate surface area is 180 Å². The van der Waals surface area contributed by atoms with Gasteiger partial charge in [0.2, 0.25) is 5.91 Å². The molecule has 0 bridgehead atoms. The van der Waals surface area contributed by atoms with Crippen LogP contribution in [0.4, 0.5) is 11.5 Å². The number of fused-ring (bicyclic) bond motifs is 1. The molecular weight excluding hydrogens is 392 g/mol. The number of anilines is 1. The minimum Gasteiger partial charge on any atom is -0.348 e. The minimum absolute atomic E-state index is 0.0152. The Hall–Kier alpha value is -4.00. The zero-order valence-electron chi connectivity index (χ0n) is 17.3. The number of hydrogen-bond donors (Lipinski definition) is 2. The Morgan fingerprint density at radius 1 is 1.13 bits per heavy atom. The Bertz CT molecular complexity index is 1190. The van der Waals surface area contributed by atoms with Crippen LogP contribution in [0.15, 0.2) is 78.1 Å². The van der Waals surface area contributed by atoms with Crippen molar-refractivity contribution in [2.45, 2.75) is 26.3 Å². The molecule has 0 spiro atoms. The SMILES string of the molecule is CC1=C(C(=O)NCc2ccc(C)cc2)C(c2cccc([N+](=O)[O-])c2)c2cccnc2N1. The van der Waals surface area contributed by atoms with Gasteiger partial charge < -0.3 is 10.6 Å². The van der Waals surface area contributed by atoms with Crippen molar-refractivity contribution in [3.63, 3.8) is 0 Å². The second kappa shape index (κ2) is 8.39. The highest BCUT2D eigenvalue weighted by atomic mass is 16.6. The maximum absolute atomic E-state index is 13.3. The molecular formula is C24H22N4O3.